The fourth-order valence-corrected chi connectivity index (χ4v) is 6.26. The minimum Gasteiger partial charge on any atom is -0.371 e. The van der Waals surface area contributed by atoms with Crippen LogP contribution in [0.4, 0.5) is 13.2 Å². The molecule has 4 unspecified atom stereocenters. The molecule has 1 aromatic carbocycles. The van der Waals surface area contributed by atoms with Gasteiger partial charge in [-0.2, -0.15) is 26.7 Å². The smallest absolute Gasteiger partial charge is 0.371 e. The molecule has 2 amide bonds. The Kier molecular flexibility index (Phi) is 5.56. The van der Waals surface area contributed by atoms with Gasteiger partial charge in [-0.3, -0.25) is 14.5 Å². The molecule has 0 spiro atoms. The van der Waals surface area contributed by atoms with Crippen molar-refractivity contribution in [2.45, 2.75) is 57.5 Å². The van der Waals surface area contributed by atoms with Crippen LogP contribution in [0.2, 0.25) is 0 Å². The first-order chi connectivity index (χ1) is 14.8. The molecule has 0 bridgehead atoms. The first-order valence-corrected chi connectivity index (χ1v) is 12.0. The van der Waals surface area contributed by atoms with Gasteiger partial charge in [0.05, 0.1) is 11.8 Å². The fourth-order valence-electron chi connectivity index (χ4n) is 5.89. The van der Waals surface area contributed by atoms with Crippen LogP contribution in [0, 0.1) is 17.3 Å². The van der Waals surface area contributed by atoms with E-state index in [1.54, 1.807) is 19.1 Å². The van der Waals surface area contributed by atoms with Gasteiger partial charge in [-0.15, -0.1) is 0 Å². The maximum atomic E-state index is 13.2. The average Bonchev–Trinajstić information content (AvgIpc) is 2.66. The number of halogens is 3. The van der Waals surface area contributed by atoms with Crippen molar-refractivity contribution < 1.29 is 35.4 Å². The van der Waals surface area contributed by atoms with Gasteiger partial charge < -0.3 is 4.18 Å². The number of hydrogen-bond donors (Lipinski definition) is 1. The highest BCUT2D eigenvalue weighted by Gasteiger charge is 2.57. The molecule has 1 saturated carbocycles. The monoisotopic (exact) mass is 474 g/mol. The number of carbonyl (C=O) groups is 2. The zero-order valence-corrected chi connectivity index (χ0v) is 18.3. The van der Waals surface area contributed by atoms with E-state index in [4.69, 9.17) is 9.32 Å². The molecule has 32 heavy (non-hydrogen) atoms. The summed E-state index contributed by atoms with van der Waals surface area (Å²) in [5, 5.41) is 4.94. The van der Waals surface area contributed by atoms with Crippen molar-refractivity contribution in [3.8, 4) is 5.75 Å². The number of hydrogen-bond acceptors (Lipinski definition) is 5. The van der Waals surface area contributed by atoms with Crippen molar-refractivity contribution in [3.05, 3.63) is 29.3 Å². The van der Waals surface area contributed by atoms with E-state index < -0.39 is 46.7 Å². The molecule has 0 radical (unpaired) electrons. The highest BCUT2D eigenvalue weighted by molar-refractivity contribution is 7.84. The molecule has 4 atom stereocenters. The number of aryl methyl sites for hydroxylation is 1. The number of rotatable bonds is 4. The van der Waals surface area contributed by atoms with Gasteiger partial charge in [0.25, 0.3) is 0 Å². The second-order valence-electron chi connectivity index (χ2n) is 9.23. The lowest BCUT2D eigenvalue weighted by atomic mass is 9.52. The van der Waals surface area contributed by atoms with Gasteiger partial charge in [-0.25, -0.2) is 0 Å². The van der Waals surface area contributed by atoms with E-state index in [9.17, 15) is 31.2 Å². The van der Waals surface area contributed by atoms with Gasteiger partial charge in [-0.05, 0) is 66.7 Å². The number of imide groups is 1. The molecule has 2 N–H and O–H groups in total. The lowest BCUT2D eigenvalue weighted by molar-refractivity contribution is -0.172. The molecule has 0 aromatic heterocycles. The van der Waals surface area contributed by atoms with E-state index in [0.29, 0.717) is 25.7 Å². The summed E-state index contributed by atoms with van der Waals surface area (Å²) < 4.78 is 65.2. The van der Waals surface area contributed by atoms with Gasteiger partial charge in [0.15, 0.2) is 0 Å². The Labute approximate surface area is 184 Å². The van der Waals surface area contributed by atoms with Crippen LogP contribution in [0.3, 0.4) is 0 Å². The van der Waals surface area contributed by atoms with Gasteiger partial charge in [-0.1, -0.05) is 13.0 Å². The van der Waals surface area contributed by atoms with E-state index >= 15 is 0 Å². The second-order valence-corrected chi connectivity index (χ2v) is 10.4. The summed E-state index contributed by atoms with van der Waals surface area (Å²) in [4.78, 5) is 26.6. The summed E-state index contributed by atoms with van der Waals surface area (Å²) in [6, 6.07) is 4.99. The highest BCUT2D eigenvalue weighted by Crippen LogP contribution is 2.58. The van der Waals surface area contributed by atoms with Crippen LogP contribution in [0.15, 0.2) is 18.2 Å². The minimum atomic E-state index is -4.44. The van der Waals surface area contributed by atoms with Crippen molar-refractivity contribution in [3.63, 3.8) is 0 Å². The second kappa shape index (κ2) is 7.72. The number of fused-ring (bicyclic) bond motifs is 5. The Morgan fingerprint density at radius 2 is 1.97 bits per heavy atom. The summed E-state index contributed by atoms with van der Waals surface area (Å²) in [7, 11) is -4.13. The topological polar surface area (TPSA) is 107 Å². The number of amides is 2. The van der Waals surface area contributed by atoms with Crippen molar-refractivity contribution in [1.82, 2.24) is 4.90 Å². The molecular formula is C21H25F3N2O5S. The summed E-state index contributed by atoms with van der Waals surface area (Å²) in [6.45, 7) is 1.15. The van der Waals surface area contributed by atoms with Gasteiger partial charge in [0, 0.05) is 13.0 Å². The first kappa shape index (κ1) is 23.0. The van der Waals surface area contributed by atoms with Crippen LogP contribution in [0.1, 0.15) is 56.1 Å². The van der Waals surface area contributed by atoms with Gasteiger partial charge in [0.2, 0.25) is 11.8 Å². The summed E-state index contributed by atoms with van der Waals surface area (Å²) in [5.41, 5.74) is 1.11. The number of nitrogens with zero attached hydrogens (tertiary/aromatic N) is 1. The number of benzene rings is 1. The molecule has 1 heterocycles. The molecule has 4 rings (SSSR count). The van der Waals surface area contributed by atoms with Crippen molar-refractivity contribution in [2.24, 2.45) is 22.4 Å². The normalized spacial score (nSPS) is 30.4. The Balaban J connectivity index is 1.57. The Morgan fingerprint density at radius 1 is 1.25 bits per heavy atom. The molecule has 1 aromatic rings. The van der Waals surface area contributed by atoms with E-state index in [-0.39, 0.29) is 29.9 Å². The molecule has 11 heteroatoms. The van der Waals surface area contributed by atoms with Crippen LogP contribution in [-0.4, -0.2) is 37.9 Å². The number of carbonyl (C=O) groups excluding carboxylic acids is 2. The lowest BCUT2D eigenvalue weighted by Crippen LogP contribution is -2.59. The maximum absolute atomic E-state index is 13.2. The van der Waals surface area contributed by atoms with Crippen LogP contribution in [-0.2, 0) is 26.3 Å². The predicted molar refractivity (Wildman–Crippen MR) is 108 cm³/mol. The minimum absolute atomic E-state index is 0.0453. The van der Waals surface area contributed by atoms with Crippen LogP contribution < -0.4 is 9.32 Å². The van der Waals surface area contributed by atoms with Gasteiger partial charge in [0.1, 0.15) is 5.75 Å². The molecular weight excluding hydrogens is 449 g/mol. The van der Waals surface area contributed by atoms with E-state index in [0.717, 1.165) is 16.0 Å². The van der Waals surface area contributed by atoms with E-state index in [2.05, 4.69) is 0 Å². The molecule has 1 saturated heterocycles. The average molecular weight is 475 g/mol. The first-order valence-electron chi connectivity index (χ1n) is 10.5. The predicted octanol–water partition coefficient (Wildman–Crippen LogP) is 3.04. The van der Waals surface area contributed by atoms with Crippen molar-refractivity contribution in [1.29, 1.82) is 0 Å². The van der Waals surface area contributed by atoms with E-state index in [1.165, 1.54) is 6.07 Å². The number of alkyl halides is 3. The van der Waals surface area contributed by atoms with Crippen molar-refractivity contribution >= 4 is 22.1 Å². The largest absolute Gasteiger partial charge is 0.390 e. The number of piperidine rings is 1. The SMILES string of the molecule is CC12CCC3c4ccc(OS(N)(=O)=O)cc4CCC3C1CC(=O)N(CCC(F)(F)F)C2=O. The summed E-state index contributed by atoms with van der Waals surface area (Å²) in [6.07, 6.45) is -3.13. The third-order valence-electron chi connectivity index (χ3n) is 7.35. The van der Waals surface area contributed by atoms with Crippen molar-refractivity contribution in [2.75, 3.05) is 6.54 Å². The van der Waals surface area contributed by atoms with Crippen LogP contribution >= 0.6 is 0 Å². The quantitative estimate of drug-likeness (QED) is 0.675. The molecule has 7 nitrogen and oxygen atoms in total. The zero-order valence-electron chi connectivity index (χ0n) is 17.5. The molecule has 2 fully saturated rings. The number of nitrogens with two attached hydrogens (primary N) is 1. The zero-order chi connectivity index (χ0) is 23.5. The van der Waals surface area contributed by atoms with Crippen LogP contribution in [0.5, 0.6) is 5.75 Å². The third kappa shape index (κ3) is 4.24. The molecule has 2 aliphatic carbocycles. The number of likely N-dealkylation sites (tertiary alicyclic amines) is 1. The Bertz CT molecular complexity index is 1060. The molecule has 3 aliphatic rings. The van der Waals surface area contributed by atoms with Gasteiger partial charge >= 0.3 is 16.5 Å². The van der Waals surface area contributed by atoms with Crippen LogP contribution in [0.25, 0.3) is 0 Å². The standard InChI is InChI=1S/C21H25F3N2O5S/c1-20-7-6-15-14-5-3-13(31-32(25,29)30)10-12(14)2-4-16(15)17(20)11-18(27)26(19(20)28)9-8-21(22,23)24/h3,5,10,15-17H,2,4,6-9,11H2,1H3,(H2,25,29,30). The molecule has 176 valence electrons. The summed E-state index contributed by atoms with van der Waals surface area (Å²) in [5.74, 6) is -1.01. The third-order valence-corrected chi connectivity index (χ3v) is 7.77. The van der Waals surface area contributed by atoms with E-state index in [1.807, 2.05) is 0 Å². The summed E-state index contributed by atoms with van der Waals surface area (Å²) >= 11 is 0. The fraction of sp³-hybridized carbons (Fsp3) is 0.619. The highest BCUT2D eigenvalue weighted by atomic mass is 32.2. The Hall–Kier alpha value is -2.14. The molecule has 1 aliphatic heterocycles. The maximum Gasteiger partial charge on any atom is 0.390 e. The lowest BCUT2D eigenvalue weighted by Gasteiger charge is -2.54. The Morgan fingerprint density at radius 3 is 2.62 bits per heavy atom.